The fourth-order valence-corrected chi connectivity index (χ4v) is 3.46. The van der Waals surface area contributed by atoms with Crippen LogP contribution in [0.2, 0.25) is 0 Å². The average Bonchev–Trinajstić information content (AvgIpc) is 2.42. The van der Waals surface area contributed by atoms with E-state index in [4.69, 9.17) is 10.5 Å². The van der Waals surface area contributed by atoms with Gasteiger partial charge in [-0.25, -0.2) is 13.1 Å². The van der Waals surface area contributed by atoms with Gasteiger partial charge in [-0.05, 0) is 37.8 Å². The number of rotatable bonds is 9. The molecule has 0 aliphatic heterocycles. The molecule has 0 aliphatic carbocycles. The highest BCUT2D eigenvalue weighted by molar-refractivity contribution is 7.89. The molecule has 0 atom stereocenters. The van der Waals surface area contributed by atoms with Gasteiger partial charge in [0.15, 0.2) is 0 Å². The Bertz CT molecular complexity index is 556. The van der Waals surface area contributed by atoms with E-state index in [-0.39, 0.29) is 4.90 Å². The number of aryl methyl sites for hydroxylation is 2. The zero-order chi connectivity index (χ0) is 15.9. The maximum absolute atomic E-state index is 12.3. The molecule has 0 saturated carbocycles. The average molecular weight is 314 g/mol. The summed E-state index contributed by atoms with van der Waals surface area (Å²) in [6.45, 7) is 7.29. The number of hydrogen-bond donors (Lipinski definition) is 2. The summed E-state index contributed by atoms with van der Waals surface area (Å²) in [5, 5.41) is 0. The second-order valence-corrected chi connectivity index (χ2v) is 6.86. The Kier molecular flexibility index (Phi) is 7.14. The van der Waals surface area contributed by atoms with Crippen LogP contribution in [0.15, 0.2) is 17.0 Å². The molecule has 0 amide bonds. The first-order valence-corrected chi connectivity index (χ1v) is 8.81. The lowest BCUT2D eigenvalue weighted by Gasteiger charge is -2.13. The molecular formula is C15H26N2O3S. The molecule has 1 aromatic rings. The van der Waals surface area contributed by atoms with E-state index in [1.54, 1.807) is 19.9 Å². The van der Waals surface area contributed by atoms with E-state index in [1.807, 2.05) is 6.07 Å². The highest BCUT2D eigenvalue weighted by atomic mass is 32.2. The number of ether oxygens (including phenoxy) is 1. The van der Waals surface area contributed by atoms with Gasteiger partial charge in [0, 0.05) is 19.8 Å². The van der Waals surface area contributed by atoms with Crippen LogP contribution >= 0.6 is 0 Å². The molecule has 0 heterocycles. The second kappa shape index (κ2) is 8.36. The van der Waals surface area contributed by atoms with Gasteiger partial charge in [0.2, 0.25) is 10.0 Å². The standard InChI is InChI=1S/C15H26N2O3S/c1-4-5-10-20-11-6-9-17-21(18,19)15-13(3)8-7-12(2)14(15)16/h7-8,17H,4-6,9-11,16H2,1-3H3. The van der Waals surface area contributed by atoms with Crippen molar-refractivity contribution in [2.75, 3.05) is 25.5 Å². The minimum atomic E-state index is -3.57. The maximum Gasteiger partial charge on any atom is 0.242 e. The third-order valence-electron chi connectivity index (χ3n) is 3.28. The maximum atomic E-state index is 12.3. The highest BCUT2D eigenvalue weighted by Crippen LogP contribution is 2.25. The molecule has 5 nitrogen and oxygen atoms in total. The summed E-state index contributed by atoms with van der Waals surface area (Å²) in [5.74, 6) is 0. The lowest BCUT2D eigenvalue weighted by molar-refractivity contribution is 0.130. The molecule has 6 heteroatoms. The van der Waals surface area contributed by atoms with Gasteiger partial charge in [-0.1, -0.05) is 25.5 Å². The molecule has 120 valence electrons. The number of nitrogens with two attached hydrogens (primary N) is 1. The van der Waals surface area contributed by atoms with E-state index in [2.05, 4.69) is 11.6 Å². The van der Waals surface area contributed by atoms with Crippen molar-refractivity contribution in [2.45, 2.75) is 44.9 Å². The van der Waals surface area contributed by atoms with E-state index in [9.17, 15) is 8.42 Å². The topological polar surface area (TPSA) is 81.4 Å². The van der Waals surface area contributed by atoms with Crippen molar-refractivity contribution in [1.82, 2.24) is 4.72 Å². The fourth-order valence-electron chi connectivity index (χ4n) is 1.97. The molecule has 0 unspecified atom stereocenters. The zero-order valence-corrected chi connectivity index (χ0v) is 13.9. The van der Waals surface area contributed by atoms with Crippen LogP contribution in [-0.2, 0) is 14.8 Å². The first kappa shape index (κ1) is 17.9. The molecule has 0 aliphatic rings. The summed E-state index contributed by atoms with van der Waals surface area (Å²) in [4.78, 5) is 0.189. The first-order valence-electron chi connectivity index (χ1n) is 7.33. The van der Waals surface area contributed by atoms with Crippen molar-refractivity contribution in [2.24, 2.45) is 0 Å². The number of hydrogen-bond acceptors (Lipinski definition) is 4. The predicted octanol–water partition coefficient (Wildman–Crippen LogP) is 2.37. The van der Waals surface area contributed by atoms with E-state index < -0.39 is 10.0 Å². The van der Waals surface area contributed by atoms with Crippen LogP contribution in [-0.4, -0.2) is 28.2 Å². The van der Waals surface area contributed by atoms with Crippen LogP contribution in [0.1, 0.15) is 37.3 Å². The fraction of sp³-hybridized carbons (Fsp3) is 0.600. The largest absolute Gasteiger partial charge is 0.397 e. The predicted molar refractivity (Wildman–Crippen MR) is 85.9 cm³/mol. The third-order valence-corrected chi connectivity index (χ3v) is 4.94. The van der Waals surface area contributed by atoms with Crippen molar-refractivity contribution >= 4 is 15.7 Å². The van der Waals surface area contributed by atoms with Crippen molar-refractivity contribution in [3.63, 3.8) is 0 Å². The van der Waals surface area contributed by atoms with E-state index in [0.29, 0.717) is 30.8 Å². The third kappa shape index (κ3) is 5.30. The summed E-state index contributed by atoms with van der Waals surface area (Å²) in [7, 11) is -3.57. The normalized spacial score (nSPS) is 11.8. The molecule has 0 bridgehead atoms. The van der Waals surface area contributed by atoms with Crippen LogP contribution in [0.4, 0.5) is 5.69 Å². The number of unbranched alkanes of at least 4 members (excludes halogenated alkanes) is 1. The molecule has 21 heavy (non-hydrogen) atoms. The Morgan fingerprint density at radius 1 is 1.14 bits per heavy atom. The van der Waals surface area contributed by atoms with Gasteiger partial charge in [-0.3, -0.25) is 0 Å². The summed E-state index contributed by atoms with van der Waals surface area (Å²) < 4.78 is 32.6. The highest BCUT2D eigenvalue weighted by Gasteiger charge is 2.20. The van der Waals surface area contributed by atoms with Crippen LogP contribution in [0.3, 0.4) is 0 Å². The Hall–Kier alpha value is -1.11. The summed E-state index contributed by atoms with van der Waals surface area (Å²) >= 11 is 0. The SMILES string of the molecule is CCCCOCCCNS(=O)(=O)c1c(C)ccc(C)c1N. The molecular weight excluding hydrogens is 288 g/mol. The first-order chi connectivity index (χ1) is 9.90. The van der Waals surface area contributed by atoms with Gasteiger partial charge in [0.05, 0.1) is 5.69 Å². The monoisotopic (exact) mass is 314 g/mol. The minimum absolute atomic E-state index is 0.189. The van der Waals surface area contributed by atoms with Gasteiger partial charge in [0.1, 0.15) is 4.90 Å². The van der Waals surface area contributed by atoms with Crippen LogP contribution in [0, 0.1) is 13.8 Å². The van der Waals surface area contributed by atoms with Gasteiger partial charge >= 0.3 is 0 Å². The van der Waals surface area contributed by atoms with E-state index in [0.717, 1.165) is 25.0 Å². The van der Waals surface area contributed by atoms with Crippen molar-refractivity contribution < 1.29 is 13.2 Å². The Morgan fingerprint density at radius 3 is 2.43 bits per heavy atom. The number of nitrogen functional groups attached to an aromatic ring is 1. The zero-order valence-electron chi connectivity index (χ0n) is 13.1. The molecule has 0 spiro atoms. The van der Waals surface area contributed by atoms with Gasteiger partial charge in [0.25, 0.3) is 0 Å². The molecule has 0 aromatic heterocycles. The number of anilines is 1. The summed E-state index contributed by atoms with van der Waals surface area (Å²) in [5.41, 5.74) is 7.66. The molecule has 3 N–H and O–H groups in total. The quantitative estimate of drug-likeness (QED) is 0.541. The lowest BCUT2D eigenvalue weighted by Crippen LogP contribution is -2.27. The van der Waals surface area contributed by atoms with Gasteiger partial charge in [-0.2, -0.15) is 0 Å². The van der Waals surface area contributed by atoms with Crippen LogP contribution in [0.5, 0.6) is 0 Å². The van der Waals surface area contributed by atoms with E-state index >= 15 is 0 Å². The molecule has 0 fully saturated rings. The Balaban J connectivity index is 2.57. The minimum Gasteiger partial charge on any atom is -0.397 e. The van der Waals surface area contributed by atoms with Crippen LogP contribution < -0.4 is 10.5 Å². The van der Waals surface area contributed by atoms with Crippen molar-refractivity contribution in [3.05, 3.63) is 23.3 Å². The molecule has 0 radical (unpaired) electrons. The summed E-state index contributed by atoms with van der Waals surface area (Å²) in [6, 6.07) is 3.60. The van der Waals surface area contributed by atoms with Crippen molar-refractivity contribution in [1.29, 1.82) is 0 Å². The van der Waals surface area contributed by atoms with E-state index in [1.165, 1.54) is 0 Å². The second-order valence-electron chi connectivity index (χ2n) is 5.16. The Labute approximate surface area is 127 Å². The van der Waals surface area contributed by atoms with Gasteiger partial charge < -0.3 is 10.5 Å². The van der Waals surface area contributed by atoms with Gasteiger partial charge in [-0.15, -0.1) is 0 Å². The van der Waals surface area contributed by atoms with Crippen LogP contribution in [0.25, 0.3) is 0 Å². The summed E-state index contributed by atoms with van der Waals surface area (Å²) in [6.07, 6.45) is 2.77. The Morgan fingerprint density at radius 2 is 1.76 bits per heavy atom. The number of sulfonamides is 1. The molecule has 1 aromatic carbocycles. The number of benzene rings is 1. The smallest absolute Gasteiger partial charge is 0.242 e. The number of nitrogens with one attached hydrogen (secondary N) is 1. The lowest BCUT2D eigenvalue weighted by atomic mass is 10.1. The molecule has 0 saturated heterocycles. The van der Waals surface area contributed by atoms with Crippen molar-refractivity contribution in [3.8, 4) is 0 Å². The molecule has 1 rings (SSSR count).